The Kier molecular flexibility index (Phi) is 4.53. The van der Waals surface area contributed by atoms with Crippen molar-refractivity contribution in [2.45, 2.75) is 51.2 Å². The Bertz CT molecular complexity index is 898. The molecule has 5 amide bonds. The van der Waals surface area contributed by atoms with Crippen molar-refractivity contribution < 1.29 is 19.2 Å². The first-order valence-corrected chi connectivity index (χ1v) is 9.66. The van der Waals surface area contributed by atoms with Crippen LogP contribution in [0.2, 0.25) is 5.02 Å². The lowest BCUT2D eigenvalue weighted by molar-refractivity contribution is -0.133. The molecule has 1 aromatic carbocycles. The van der Waals surface area contributed by atoms with Crippen LogP contribution in [0.5, 0.6) is 0 Å². The number of nitrogens with zero attached hydrogens (tertiary/aromatic N) is 1. The highest BCUT2D eigenvalue weighted by molar-refractivity contribution is 6.33. The Morgan fingerprint density at radius 2 is 1.93 bits per heavy atom. The summed E-state index contributed by atoms with van der Waals surface area (Å²) >= 11 is 6.21. The number of carbonyl (C=O) groups is 4. The molecule has 9 heteroatoms. The van der Waals surface area contributed by atoms with Gasteiger partial charge in [0.05, 0.1) is 10.7 Å². The number of urea groups is 1. The molecule has 1 aromatic rings. The molecule has 2 aliphatic heterocycles. The second-order valence-corrected chi connectivity index (χ2v) is 8.09. The summed E-state index contributed by atoms with van der Waals surface area (Å²) in [6.45, 7) is 2.27. The molecule has 0 radical (unpaired) electrons. The molecular weight excluding hydrogens is 384 g/mol. The summed E-state index contributed by atoms with van der Waals surface area (Å²) in [5, 5.41) is 8.16. The average molecular weight is 405 g/mol. The van der Waals surface area contributed by atoms with E-state index in [0.29, 0.717) is 30.2 Å². The number of rotatable bonds is 5. The van der Waals surface area contributed by atoms with E-state index in [1.807, 2.05) is 0 Å². The topological polar surface area (TPSA) is 108 Å². The van der Waals surface area contributed by atoms with Gasteiger partial charge in [0, 0.05) is 26.4 Å². The smallest absolute Gasteiger partial charge is 0.322 e. The zero-order valence-corrected chi connectivity index (χ0v) is 16.2. The first-order chi connectivity index (χ1) is 13.3. The Morgan fingerprint density at radius 1 is 1.25 bits per heavy atom. The molecule has 2 fully saturated rings. The summed E-state index contributed by atoms with van der Waals surface area (Å²) < 4.78 is 0. The lowest BCUT2D eigenvalue weighted by atomic mass is 9.88. The van der Waals surface area contributed by atoms with Crippen molar-refractivity contribution in [3.05, 3.63) is 28.3 Å². The summed E-state index contributed by atoms with van der Waals surface area (Å²) in [5.41, 5.74) is 1.45. The van der Waals surface area contributed by atoms with E-state index in [0.717, 1.165) is 24.0 Å². The number of fused-ring (bicyclic) bond motifs is 1. The van der Waals surface area contributed by atoms with Crippen molar-refractivity contribution in [1.82, 2.24) is 15.5 Å². The minimum Gasteiger partial charge on any atom is -0.334 e. The average Bonchev–Trinajstić information content (AvgIpc) is 3.33. The van der Waals surface area contributed by atoms with Crippen molar-refractivity contribution in [1.29, 1.82) is 0 Å². The minimum absolute atomic E-state index is 0.0811. The largest absolute Gasteiger partial charge is 0.334 e. The summed E-state index contributed by atoms with van der Waals surface area (Å²) in [4.78, 5) is 49.7. The first-order valence-electron chi connectivity index (χ1n) is 9.29. The first kappa shape index (κ1) is 18.7. The number of halogens is 1. The normalized spacial score (nSPS) is 23.3. The minimum atomic E-state index is -0.957. The zero-order chi connectivity index (χ0) is 20.1. The van der Waals surface area contributed by atoms with Gasteiger partial charge in [0.15, 0.2) is 0 Å². The van der Waals surface area contributed by atoms with Crippen LogP contribution in [0.3, 0.4) is 0 Å². The number of amides is 5. The van der Waals surface area contributed by atoms with E-state index in [9.17, 15) is 19.2 Å². The summed E-state index contributed by atoms with van der Waals surface area (Å²) in [5.74, 6) is -0.525. The third-order valence-corrected chi connectivity index (χ3v) is 5.96. The second kappa shape index (κ2) is 6.77. The number of hydrogen-bond acceptors (Lipinski definition) is 4. The van der Waals surface area contributed by atoms with Gasteiger partial charge < -0.3 is 15.5 Å². The molecule has 0 unspecified atom stereocenters. The van der Waals surface area contributed by atoms with Gasteiger partial charge in [-0.3, -0.25) is 19.7 Å². The highest BCUT2D eigenvalue weighted by atomic mass is 35.5. The maximum atomic E-state index is 12.8. The second-order valence-electron chi connectivity index (χ2n) is 7.69. The van der Waals surface area contributed by atoms with Gasteiger partial charge in [-0.1, -0.05) is 11.6 Å². The van der Waals surface area contributed by atoms with Crippen LogP contribution in [0.15, 0.2) is 12.1 Å². The van der Waals surface area contributed by atoms with Crippen LogP contribution in [0.4, 0.5) is 10.5 Å². The third-order valence-electron chi connectivity index (χ3n) is 5.65. The Labute approximate surface area is 167 Å². The van der Waals surface area contributed by atoms with Crippen molar-refractivity contribution >= 4 is 41.0 Å². The predicted octanol–water partition coefficient (Wildman–Crippen LogP) is 1.91. The van der Waals surface area contributed by atoms with Gasteiger partial charge in [0.2, 0.25) is 11.8 Å². The highest BCUT2D eigenvalue weighted by Gasteiger charge is 2.55. The third kappa shape index (κ3) is 3.32. The fourth-order valence-electron chi connectivity index (χ4n) is 4.09. The number of benzene rings is 1. The molecule has 2 heterocycles. The molecule has 1 atom stereocenters. The maximum absolute atomic E-state index is 12.8. The van der Waals surface area contributed by atoms with Gasteiger partial charge >= 0.3 is 6.03 Å². The standard InChI is InChI=1S/C19H21ClN4O4/c1-10(25)21-15-7-12-9-24(8-11(12)6-14(15)20)16(26)4-5-19(13-2-3-13)17(27)22-18(28)23-19/h6-7,13H,2-5,8-9H2,1H3,(H,21,25)(H2,22,23,27,28)/t19-/m0/s1. The molecule has 8 nitrogen and oxygen atoms in total. The Morgan fingerprint density at radius 3 is 2.50 bits per heavy atom. The van der Waals surface area contributed by atoms with E-state index >= 15 is 0 Å². The van der Waals surface area contributed by atoms with Gasteiger partial charge in [-0.15, -0.1) is 0 Å². The summed E-state index contributed by atoms with van der Waals surface area (Å²) in [6.07, 6.45) is 2.21. The van der Waals surface area contributed by atoms with E-state index in [-0.39, 0.29) is 30.1 Å². The van der Waals surface area contributed by atoms with Gasteiger partial charge in [-0.2, -0.15) is 0 Å². The molecule has 1 saturated heterocycles. The molecule has 0 spiro atoms. The van der Waals surface area contributed by atoms with Gasteiger partial charge in [0.1, 0.15) is 5.54 Å². The molecule has 1 aliphatic carbocycles. The summed E-state index contributed by atoms with van der Waals surface area (Å²) in [6, 6.07) is 3.08. The van der Waals surface area contributed by atoms with Gasteiger partial charge in [-0.05, 0) is 48.4 Å². The van der Waals surface area contributed by atoms with E-state index in [1.54, 1.807) is 17.0 Å². The lowest BCUT2D eigenvalue weighted by Crippen LogP contribution is -2.49. The lowest BCUT2D eigenvalue weighted by Gasteiger charge is -2.26. The van der Waals surface area contributed by atoms with Crippen LogP contribution in [0, 0.1) is 5.92 Å². The SMILES string of the molecule is CC(=O)Nc1cc2c(cc1Cl)CN(C(=O)CC[C@@]1(C3CC3)NC(=O)NC1=O)C2. The number of anilines is 1. The number of nitrogens with one attached hydrogen (secondary N) is 3. The Balaban J connectivity index is 1.42. The van der Waals surface area contributed by atoms with E-state index < -0.39 is 11.6 Å². The van der Waals surface area contributed by atoms with E-state index in [4.69, 9.17) is 11.6 Å². The maximum Gasteiger partial charge on any atom is 0.322 e. The van der Waals surface area contributed by atoms with Gasteiger partial charge in [0.25, 0.3) is 5.91 Å². The van der Waals surface area contributed by atoms with Crippen molar-refractivity contribution in [2.75, 3.05) is 5.32 Å². The fourth-order valence-corrected chi connectivity index (χ4v) is 4.33. The monoisotopic (exact) mass is 404 g/mol. The quantitative estimate of drug-likeness (QED) is 0.651. The molecule has 1 saturated carbocycles. The van der Waals surface area contributed by atoms with Crippen LogP contribution in [0.25, 0.3) is 0 Å². The number of hydrogen-bond donors (Lipinski definition) is 3. The molecule has 0 aromatic heterocycles. The highest BCUT2D eigenvalue weighted by Crippen LogP contribution is 2.44. The van der Waals surface area contributed by atoms with Crippen LogP contribution in [-0.2, 0) is 27.5 Å². The van der Waals surface area contributed by atoms with E-state index in [1.165, 1.54) is 6.92 Å². The van der Waals surface area contributed by atoms with E-state index in [2.05, 4.69) is 16.0 Å². The molecule has 148 valence electrons. The predicted molar refractivity (Wildman–Crippen MR) is 101 cm³/mol. The van der Waals surface area contributed by atoms with Crippen molar-refractivity contribution in [3.63, 3.8) is 0 Å². The van der Waals surface area contributed by atoms with Crippen LogP contribution in [0.1, 0.15) is 43.7 Å². The van der Waals surface area contributed by atoms with Crippen LogP contribution < -0.4 is 16.0 Å². The van der Waals surface area contributed by atoms with Crippen LogP contribution >= 0.6 is 11.6 Å². The molecular formula is C19H21ClN4O4. The van der Waals surface area contributed by atoms with Crippen molar-refractivity contribution in [2.24, 2.45) is 5.92 Å². The van der Waals surface area contributed by atoms with Gasteiger partial charge in [-0.25, -0.2) is 4.79 Å². The van der Waals surface area contributed by atoms with Crippen molar-refractivity contribution in [3.8, 4) is 0 Å². The summed E-state index contributed by atoms with van der Waals surface area (Å²) in [7, 11) is 0. The van der Waals surface area contributed by atoms with Crippen LogP contribution in [-0.4, -0.2) is 34.2 Å². The molecule has 3 N–H and O–H groups in total. The Hall–Kier alpha value is -2.61. The molecule has 0 bridgehead atoms. The molecule has 3 aliphatic rings. The molecule has 4 rings (SSSR count). The fraction of sp³-hybridized carbons (Fsp3) is 0.474. The zero-order valence-electron chi connectivity index (χ0n) is 15.4. The number of carbonyl (C=O) groups excluding carboxylic acids is 4. The number of imide groups is 1. The molecule has 28 heavy (non-hydrogen) atoms.